The summed E-state index contributed by atoms with van der Waals surface area (Å²) in [5.74, 6) is 0.362. The van der Waals surface area contributed by atoms with Gasteiger partial charge in [0.2, 0.25) is 11.4 Å². The minimum absolute atomic E-state index is 0.0267. The molecule has 0 amide bonds. The van der Waals surface area contributed by atoms with E-state index in [1.165, 1.54) is 73.6 Å². The zero-order valence-corrected chi connectivity index (χ0v) is 27.4. The zero-order chi connectivity index (χ0) is 31.0. The molecular formula is C43H46N2+2. The van der Waals surface area contributed by atoms with Crippen LogP contribution < -0.4 is 9.13 Å². The maximum atomic E-state index is 2.67. The van der Waals surface area contributed by atoms with Crippen molar-refractivity contribution in [1.82, 2.24) is 0 Å². The molecule has 0 radical (unpaired) electrons. The van der Waals surface area contributed by atoms with Crippen LogP contribution in [0, 0.1) is 6.92 Å². The van der Waals surface area contributed by atoms with E-state index in [1.807, 2.05) is 0 Å². The predicted octanol–water partition coefficient (Wildman–Crippen LogP) is 10.3. The second kappa shape index (κ2) is 12.2. The molecule has 2 aromatic heterocycles. The molecule has 0 bridgehead atoms. The molecule has 6 aromatic rings. The van der Waals surface area contributed by atoms with Crippen LogP contribution >= 0.6 is 0 Å². The maximum absolute atomic E-state index is 2.67. The van der Waals surface area contributed by atoms with Gasteiger partial charge in [0.1, 0.15) is 0 Å². The number of hydrogen-bond acceptors (Lipinski definition) is 0. The van der Waals surface area contributed by atoms with Gasteiger partial charge in [-0.05, 0) is 70.8 Å². The number of unbranched alkanes of at least 4 members (excludes halogenated alkanes) is 1. The summed E-state index contributed by atoms with van der Waals surface area (Å²) in [7, 11) is 0. The molecule has 45 heavy (non-hydrogen) atoms. The van der Waals surface area contributed by atoms with E-state index < -0.39 is 0 Å². The maximum Gasteiger partial charge on any atom is 0.221 e. The van der Waals surface area contributed by atoms with Crippen LogP contribution in [0.4, 0.5) is 0 Å². The second-order valence-corrected chi connectivity index (χ2v) is 13.2. The Labute approximate surface area is 269 Å². The highest BCUT2D eigenvalue weighted by Gasteiger charge is 2.46. The highest BCUT2D eigenvalue weighted by atomic mass is 15.1. The number of aromatic nitrogens is 2. The monoisotopic (exact) mass is 590 g/mol. The number of aryl methyl sites for hydroxylation is 2. The summed E-state index contributed by atoms with van der Waals surface area (Å²) in [6.07, 6.45) is 11.6. The standard InChI is InChI=1S/C43H46N2/c1-5-8-15-32-22-24-38-34(28-32)25-27-45-42(38)39-19-12-11-17-36(39)35(29-43(45,6-2)7-3)30-44-26-14-13-20-40(44)41-31(4)21-23-33-16-9-10-18-37(33)41/h9-14,16-28,35H,5-8,15,29-30H2,1-4H3/q+2. The van der Waals surface area contributed by atoms with Crippen molar-refractivity contribution in [3.63, 3.8) is 0 Å². The minimum Gasteiger partial charge on any atom is -0.198 e. The van der Waals surface area contributed by atoms with Crippen molar-refractivity contribution in [3.05, 3.63) is 132 Å². The first-order chi connectivity index (χ1) is 22.1. The first kappa shape index (κ1) is 29.4. The summed E-state index contributed by atoms with van der Waals surface area (Å²) >= 11 is 0. The highest BCUT2D eigenvalue weighted by Crippen LogP contribution is 2.43. The van der Waals surface area contributed by atoms with E-state index in [0.29, 0.717) is 5.92 Å². The Morgan fingerprint density at radius 1 is 0.733 bits per heavy atom. The van der Waals surface area contributed by atoms with Gasteiger partial charge in [0.15, 0.2) is 24.5 Å². The fourth-order valence-electron chi connectivity index (χ4n) is 8.13. The Hall–Kier alpha value is -4.30. The molecule has 0 aliphatic carbocycles. The van der Waals surface area contributed by atoms with Gasteiger partial charge in [-0.2, -0.15) is 9.13 Å². The van der Waals surface area contributed by atoms with Crippen LogP contribution in [0.3, 0.4) is 0 Å². The average molecular weight is 591 g/mol. The lowest BCUT2D eigenvalue weighted by Crippen LogP contribution is -2.57. The van der Waals surface area contributed by atoms with E-state index >= 15 is 0 Å². The van der Waals surface area contributed by atoms with Crippen LogP contribution in [0.2, 0.25) is 0 Å². The van der Waals surface area contributed by atoms with Crippen molar-refractivity contribution in [2.24, 2.45) is 0 Å². The molecule has 2 nitrogen and oxygen atoms in total. The lowest BCUT2D eigenvalue weighted by molar-refractivity contribution is -0.758. The molecule has 0 saturated heterocycles. The first-order valence-corrected chi connectivity index (χ1v) is 17.1. The predicted molar refractivity (Wildman–Crippen MR) is 188 cm³/mol. The third-order valence-electron chi connectivity index (χ3n) is 10.7. The van der Waals surface area contributed by atoms with E-state index in [1.54, 1.807) is 0 Å². The Morgan fingerprint density at radius 2 is 1.53 bits per heavy atom. The van der Waals surface area contributed by atoms with Crippen LogP contribution in [0.15, 0.2) is 116 Å². The Morgan fingerprint density at radius 3 is 2.38 bits per heavy atom. The molecule has 0 fully saturated rings. The van der Waals surface area contributed by atoms with Crippen LogP contribution in [0.5, 0.6) is 0 Å². The lowest BCUT2D eigenvalue weighted by atomic mass is 9.80. The van der Waals surface area contributed by atoms with Crippen LogP contribution in [0.1, 0.15) is 75.5 Å². The summed E-state index contributed by atoms with van der Waals surface area (Å²) < 4.78 is 5.20. The summed E-state index contributed by atoms with van der Waals surface area (Å²) in [6.45, 7) is 10.3. The van der Waals surface area contributed by atoms with E-state index in [0.717, 1.165) is 32.2 Å². The van der Waals surface area contributed by atoms with Crippen molar-refractivity contribution in [1.29, 1.82) is 0 Å². The molecule has 0 saturated carbocycles. The average Bonchev–Trinajstić information content (AvgIpc) is 3.20. The van der Waals surface area contributed by atoms with Crippen molar-refractivity contribution in [2.75, 3.05) is 0 Å². The van der Waals surface area contributed by atoms with Crippen molar-refractivity contribution in [3.8, 4) is 22.5 Å². The first-order valence-electron chi connectivity index (χ1n) is 17.1. The topological polar surface area (TPSA) is 7.76 Å². The van der Waals surface area contributed by atoms with Gasteiger partial charge in [0, 0.05) is 37.5 Å². The molecule has 2 heteroatoms. The Balaban J connectivity index is 1.40. The number of fused-ring (bicyclic) bond motifs is 6. The fourth-order valence-corrected chi connectivity index (χ4v) is 8.13. The minimum atomic E-state index is 0.0267. The van der Waals surface area contributed by atoms with E-state index in [4.69, 9.17) is 0 Å². The van der Waals surface area contributed by atoms with Gasteiger partial charge in [0.05, 0.1) is 22.4 Å². The number of rotatable bonds is 8. The molecule has 1 aliphatic rings. The summed E-state index contributed by atoms with van der Waals surface area (Å²) in [6, 6.07) is 39.0. The van der Waals surface area contributed by atoms with Gasteiger partial charge in [-0.15, -0.1) is 0 Å². The van der Waals surface area contributed by atoms with Crippen molar-refractivity contribution in [2.45, 2.75) is 84.2 Å². The number of pyridine rings is 2. The highest BCUT2D eigenvalue weighted by molar-refractivity contribution is 5.97. The lowest BCUT2D eigenvalue weighted by Gasteiger charge is -2.29. The fraction of sp³-hybridized carbons (Fsp3) is 0.302. The van der Waals surface area contributed by atoms with E-state index in [2.05, 4.69) is 152 Å². The third-order valence-corrected chi connectivity index (χ3v) is 10.7. The van der Waals surface area contributed by atoms with Gasteiger partial charge in [-0.1, -0.05) is 93.9 Å². The molecule has 226 valence electrons. The molecule has 1 atom stereocenters. The zero-order valence-electron chi connectivity index (χ0n) is 27.4. The van der Waals surface area contributed by atoms with Gasteiger partial charge in [0.25, 0.3) is 0 Å². The summed E-state index contributed by atoms with van der Waals surface area (Å²) in [5, 5.41) is 5.34. The Bertz CT molecular complexity index is 2000. The van der Waals surface area contributed by atoms with Crippen LogP contribution in [-0.4, -0.2) is 0 Å². The van der Waals surface area contributed by atoms with E-state index in [-0.39, 0.29) is 5.54 Å². The smallest absolute Gasteiger partial charge is 0.198 e. The quantitative estimate of drug-likeness (QED) is 0.156. The largest absolute Gasteiger partial charge is 0.221 e. The van der Waals surface area contributed by atoms with Gasteiger partial charge < -0.3 is 0 Å². The van der Waals surface area contributed by atoms with Gasteiger partial charge in [-0.3, -0.25) is 0 Å². The SMILES string of the molecule is CCCCc1ccc2c3[n+](ccc2c1)C(CC)(CC)CC(C[n+]1ccccc1-c1c(C)ccc2ccccc12)c1ccccc1-3. The molecule has 4 aromatic carbocycles. The molecule has 1 unspecified atom stereocenters. The molecule has 3 heterocycles. The Kier molecular flexibility index (Phi) is 8.00. The second-order valence-electron chi connectivity index (χ2n) is 13.2. The molecule has 0 N–H and O–H groups in total. The van der Waals surface area contributed by atoms with E-state index in [9.17, 15) is 0 Å². The van der Waals surface area contributed by atoms with Crippen LogP contribution in [0.25, 0.3) is 44.1 Å². The summed E-state index contributed by atoms with van der Waals surface area (Å²) in [4.78, 5) is 0. The molecule has 7 rings (SSSR count). The number of nitrogens with zero attached hydrogens (tertiary/aromatic N) is 2. The van der Waals surface area contributed by atoms with Gasteiger partial charge >= 0.3 is 0 Å². The molecule has 0 spiro atoms. The van der Waals surface area contributed by atoms with Crippen molar-refractivity contribution >= 4 is 21.5 Å². The number of hydrogen-bond donors (Lipinski definition) is 0. The normalized spacial score (nSPS) is 15.5. The van der Waals surface area contributed by atoms with Crippen LogP contribution in [-0.2, 0) is 18.5 Å². The molecular weight excluding hydrogens is 544 g/mol. The van der Waals surface area contributed by atoms with Gasteiger partial charge in [-0.25, -0.2) is 0 Å². The summed E-state index contributed by atoms with van der Waals surface area (Å²) in [5.41, 5.74) is 9.67. The molecule has 1 aliphatic heterocycles. The van der Waals surface area contributed by atoms with Crippen molar-refractivity contribution < 1.29 is 9.13 Å². The number of benzene rings is 4. The third kappa shape index (κ3) is 5.15.